The molecule has 176 valence electrons. The minimum Gasteiger partial charge on any atom is -0.376 e. The van der Waals surface area contributed by atoms with Crippen LogP contribution in [0.3, 0.4) is 0 Å². The summed E-state index contributed by atoms with van der Waals surface area (Å²) in [4.78, 5) is 36.8. The van der Waals surface area contributed by atoms with E-state index in [0.29, 0.717) is 34.7 Å². The van der Waals surface area contributed by atoms with E-state index in [1.807, 2.05) is 24.3 Å². The minimum atomic E-state index is -0.231. The highest BCUT2D eigenvalue weighted by molar-refractivity contribution is 6.04. The average Bonchev–Trinajstić information content (AvgIpc) is 2.84. The largest absolute Gasteiger partial charge is 0.376 e. The van der Waals surface area contributed by atoms with E-state index in [0.717, 1.165) is 19.3 Å². The Morgan fingerprint density at radius 2 is 1.24 bits per heavy atom. The molecule has 0 spiro atoms. The van der Waals surface area contributed by atoms with Crippen LogP contribution in [0.1, 0.15) is 43.0 Å². The molecule has 0 saturated heterocycles. The van der Waals surface area contributed by atoms with Gasteiger partial charge in [0.15, 0.2) is 0 Å². The Kier molecular flexibility index (Phi) is 9.22. The van der Waals surface area contributed by atoms with E-state index in [4.69, 9.17) is 0 Å². The summed E-state index contributed by atoms with van der Waals surface area (Å²) >= 11 is 0. The van der Waals surface area contributed by atoms with Crippen molar-refractivity contribution in [2.24, 2.45) is 0 Å². The van der Waals surface area contributed by atoms with Crippen molar-refractivity contribution < 1.29 is 14.4 Å². The molecule has 0 aliphatic rings. The van der Waals surface area contributed by atoms with E-state index >= 15 is 0 Å². The summed E-state index contributed by atoms with van der Waals surface area (Å²) in [5.74, 6) is -0.462. The van der Waals surface area contributed by atoms with Crippen molar-refractivity contribution in [2.45, 2.75) is 32.6 Å². The Balaban J connectivity index is 1.49. The number of hydrogen-bond acceptors (Lipinski definition) is 4. The quantitative estimate of drug-likeness (QED) is 0.285. The third kappa shape index (κ3) is 8.09. The predicted molar refractivity (Wildman–Crippen MR) is 137 cm³/mol. The molecule has 34 heavy (non-hydrogen) atoms. The third-order valence-corrected chi connectivity index (χ3v) is 5.05. The van der Waals surface area contributed by atoms with E-state index in [1.165, 1.54) is 0 Å². The first-order chi connectivity index (χ1) is 16.5. The number of unbranched alkanes of at least 4 members (excludes halogenated alkanes) is 2. The summed E-state index contributed by atoms with van der Waals surface area (Å²) in [5.41, 5.74) is 3.14. The van der Waals surface area contributed by atoms with Crippen LogP contribution in [-0.2, 0) is 9.59 Å². The van der Waals surface area contributed by atoms with Crippen LogP contribution >= 0.6 is 0 Å². The molecule has 7 nitrogen and oxygen atoms in total. The van der Waals surface area contributed by atoms with Gasteiger partial charge >= 0.3 is 0 Å². The maximum atomic E-state index is 12.4. The van der Waals surface area contributed by atoms with Crippen LogP contribution in [0.25, 0.3) is 0 Å². The molecule has 3 aromatic rings. The van der Waals surface area contributed by atoms with Crippen LogP contribution in [0, 0.1) is 0 Å². The first-order valence-electron chi connectivity index (χ1n) is 11.4. The van der Waals surface area contributed by atoms with Crippen molar-refractivity contribution in [3.63, 3.8) is 0 Å². The monoisotopic (exact) mass is 458 g/mol. The zero-order valence-electron chi connectivity index (χ0n) is 19.3. The molecule has 0 radical (unpaired) electrons. The van der Waals surface area contributed by atoms with E-state index in [-0.39, 0.29) is 24.3 Å². The maximum Gasteiger partial charge on any atom is 0.255 e. The number of benzene rings is 3. The fourth-order valence-electron chi connectivity index (χ4n) is 3.32. The summed E-state index contributed by atoms with van der Waals surface area (Å²) < 4.78 is 0. The summed E-state index contributed by atoms with van der Waals surface area (Å²) in [7, 11) is 0. The van der Waals surface area contributed by atoms with Crippen molar-refractivity contribution in [1.82, 2.24) is 0 Å². The number of carbonyl (C=O) groups excluding carboxylic acids is 3. The van der Waals surface area contributed by atoms with Gasteiger partial charge in [-0.3, -0.25) is 14.4 Å². The van der Waals surface area contributed by atoms with Gasteiger partial charge in [-0.25, -0.2) is 0 Å². The maximum absolute atomic E-state index is 12.4. The normalized spacial score (nSPS) is 10.3. The van der Waals surface area contributed by atoms with Crippen LogP contribution in [0.2, 0.25) is 0 Å². The third-order valence-electron chi connectivity index (χ3n) is 5.05. The molecule has 3 amide bonds. The van der Waals surface area contributed by atoms with Gasteiger partial charge in [0.2, 0.25) is 11.8 Å². The molecular weight excluding hydrogens is 428 g/mol. The van der Waals surface area contributed by atoms with Crippen LogP contribution in [-0.4, -0.2) is 24.3 Å². The zero-order chi connectivity index (χ0) is 24.2. The Labute approximate surface area is 200 Å². The molecule has 0 atom stereocenters. The van der Waals surface area contributed by atoms with Crippen molar-refractivity contribution in [1.29, 1.82) is 0 Å². The number of hydrogen-bond donors (Lipinski definition) is 4. The lowest BCUT2D eigenvalue weighted by atomic mass is 10.2. The second-order valence-corrected chi connectivity index (χ2v) is 7.89. The summed E-state index contributed by atoms with van der Waals surface area (Å²) in [6.45, 7) is 2.14. The average molecular weight is 459 g/mol. The fourth-order valence-corrected chi connectivity index (χ4v) is 3.32. The van der Waals surface area contributed by atoms with Gasteiger partial charge < -0.3 is 21.3 Å². The topological polar surface area (TPSA) is 99.3 Å². The lowest BCUT2D eigenvalue weighted by molar-refractivity contribution is -0.116. The van der Waals surface area contributed by atoms with E-state index < -0.39 is 0 Å². The van der Waals surface area contributed by atoms with Crippen LogP contribution < -0.4 is 21.3 Å². The molecule has 0 aromatic heterocycles. The molecular formula is C27H30N4O3. The lowest BCUT2D eigenvalue weighted by Gasteiger charge is -2.11. The van der Waals surface area contributed by atoms with Gasteiger partial charge in [0, 0.05) is 34.7 Å². The molecule has 3 rings (SSSR count). The minimum absolute atomic E-state index is 0.0298. The summed E-state index contributed by atoms with van der Waals surface area (Å²) in [5, 5.41) is 11.6. The molecule has 0 aliphatic carbocycles. The van der Waals surface area contributed by atoms with E-state index in [9.17, 15) is 14.4 Å². The van der Waals surface area contributed by atoms with Gasteiger partial charge in [-0.2, -0.15) is 0 Å². The van der Waals surface area contributed by atoms with Crippen LogP contribution in [0.4, 0.5) is 22.7 Å². The molecule has 7 heteroatoms. The Hall–Kier alpha value is -4.13. The highest BCUT2D eigenvalue weighted by atomic mass is 16.2. The summed E-state index contributed by atoms with van der Waals surface area (Å²) in [6, 6.07) is 23.2. The molecule has 4 N–H and O–H groups in total. The standard InChI is InChI=1S/C27H30N4O3/c1-2-3-5-16-25(32)29-22-13-9-14-23(18-22)30-26(33)19-28-21-12-8-15-24(17-21)31-27(34)20-10-6-4-7-11-20/h4,6-15,17-18,28H,2-3,5,16,19H2,1H3,(H,29,32)(H,30,33)(H,31,34). The highest BCUT2D eigenvalue weighted by Gasteiger charge is 2.08. The van der Waals surface area contributed by atoms with Crippen molar-refractivity contribution in [3.05, 3.63) is 84.4 Å². The van der Waals surface area contributed by atoms with E-state index in [1.54, 1.807) is 54.6 Å². The second-order valence-electron chi connectivity index (χ2n) is 7.89. The van der Waals surface area contributed by atoms with Gasteiger partial charge in [-0.15, -0.1) is 0 Å². The van der Waals surface area contributed by atoms with Gasteiger partial charge in [0.25, 0.3) is 5.91 Å². The van der Waals surface area contributed by atoms with Crippen molar-refractivity contribution in [2.75, 3.05) is 27.8 Å². The first-order valence-corrected chi connectivity index (χ1v) is 11.4. The SMILES string of the molecule is CCCCCC(=O)Nc1cccc(NC(=O)CNc2cccc(NC(=O)c3ccccc3)c2)c1. The Morgan fingerprint density at radius 3 is 1.91 bits per heavy atom. The Morgan fingerprint density at radius 1 is 0.647 bits per heavy atom. The summed E-state index contributed by atoms with van der Waals surface area (Å²) in [6.07, 6.45) is 3.44. The van der Waals surface area contributed by atoms with Gasteiger partial charge in [0.05, 0.1) is 6.54 Å². The fraction of sp³-hybridized carbons (Fsp3) is 0.222. The molecule has 0 unspecified atom stereocenters. The number of nitrogens with one attached hydrogen (secondary N) is 4. The molecule has 0 aliphatic heterocycles. The van der Waals surface area contributed by atoms with Gasteiger partial charge in [0.1, 0.15) is 0 Å². The van der Waals surface area contributed by atoms with Crippen LogP contribution in [0.5, 0.6) is 0 Å². The molecule has 0 fully saturated rings. The number of carbonyl (C=O) groups is 3. The first kappa shape index (κ1) is 24.5. The van der Waals surface area contributed by atoms with Crippen LogP contribution in [0.15, 0.2) is 78.9 Å². The van der Waals surface area contributed by atoms with Crippen molar-refractivity contribution >= 4 is 40.5 Å². The number of anilines is 4. The molecule has 0 saturated carbocycles. The Bertz CT molecular complexity index is 1120. The highest BCUT2D eigenvalue weighted by Crippen LogP contribution is 2.18. The van der Waals surface area contributed by atoms with E-state index in [2.05, 4.69) is 28.2 Å². The van der Waals surface area contributed by atoms with Gasteiger partial charge in [-0.1, -0.05) is 50.1 Å². The zero-order valence-corrected chi connectivity index (χ0v) is 19.3. The lowest BCUT2D eigenvalue weighted by Crippen LogP contribution is -2.22. The number of rotatable bonds is 11. The second kappa shape index (κ2) is 12.8. The molecule has 3 aromatic carbocycles. The van der Waals surface area contributed by atoms with Gasteiger partial charge in [-0.05, 0) is 55.0 Å². The molecule has 0 bridgehead atoms. The number of amides is 3. The predicted octanol–water partition coefficient (Wildman–Crippen LogP) is 5.51. The molecule has 0 heterocycles. The van der Waals surface area contributed by atoms with Crippen molar-refractivity contribution in [3.8, 4) is 0 Å². The smallest absolute Gasteiger partial charge is 0.255 e.